The van der Waals surface area contributed by atoms with Crippen LogP contribution in [0.1, 0.15) is 42.8 Å². The van der Waals surface area contributed by atoms with Crippen LogP contribution in [0, 0.1) is 0 Å². The Morgan fingerprint density at radius 3 is 1.82 bits per heavy atom. The van der Waals surface area contributed by atoms with Gasteiger partial charge in [0, 0.05) is 11.1 Å². The largest absolute Gasteiger partial charge is 0.467 e. The zero-order chi connectivity index (χ0) is 28.6. The molecule has 0 aliphatic heterocycles. The van der Waals surface area contributed by atoms with Gasteiger partial charge in [0.05, 0.1) is 27.0 Å². The third-order valence-electron chi connectivity index (χ3n) is 6.22. The Morgan fingerprint density at radius 2 is 1.27 bits per heavy atom. The minimum atomic E-state index is -1.33. The van der Waals surface area contributed by atoms with Gasteiger partial charge in [-0.25, -0.2) is 14.4 Å². The average molecular weight is 542 g/mol. The highest BCUT2D eigenvalue weighted by molar-refractivity contribution is 6.06. The maximum absolute atomic E-state index is 13.3. The maximum Gasteiger partial charge on any atom is 0.359 e. The molecule has 0 aliphatic rings. The van der Waals surface area contributed by atoms with E-state index in [1.807, 2.05) is 0 Å². The third-order valence-corrected chi connectivity index (χ3v) is 6.22. The number of carbonyl (C=O) groups is 4. The van der Waals surface area contributed by atoms with Gasteiger partial charge in [-0.15, -0.1) is 0 Å². The number of methoxy groups -OCH3 is 3. The molecule has 1 N–H and O–H groups in total. The summed E-state index contributed by atoms with van der Waals surface area (Å²) in [4.78, 5) is 52.6. The molecule has 0 fully saturated rings. The van der Waals surface area contributed by atoms with Gasteiger partial charge in [0.15, 0.2) is 11.7 Å². The van der Waals surface area contributed by atoms with Crippen LogP contribution >= 0.6 is 0 Å². The monoisotopic (exact) mass is 541 g/mol. The van der Waals surface area contributed by atoms with Gasteiger partial charge in [-0.2, -0.15) is 5.10 Å². The highest BCUT2D eigenvalue weighted by Gasteiger charge is 2.39. The Labute approximate surface area is 230 Å². The predicted octanol–water partition coefficient (Wildman–Crippen LogP) is 3.68. The lowest BCUT2D eigenvalue weighted by atomic mass is 9.97. The van der Waals surface area contributed by atoms with Crippen molar-refractivity contribution in [3.05, 3.63) is 113 Å². The lowest BCUT2D eigenvalue weighted by molar-refractivity contribution is -0.143. The lowest BCUT2D eigenvalue weighted by Crippen LogP contribution is -2.48. The number of ether oxygens (including phenoxy) is 3. The van der Waals surface area contributed by atoms with Crippen molar-refractivity contribution in [3.8, 4) is 11.3 Å². The first kappa shape index (κ1) is 27.8. The SMILES string of the molecule is COC(=O)c1nn([C@@H](c2ccccc2)[C@H](NC(=O)c2ccccc2)C(=O)OC)c(-c2ccccc2)c1C(=O)OC. The van der Waals surface area contributed by atoms with Gasteiger partial charge < -0.3 is 19.5 Å². The summed E-state index contributed by atoms with van der Waals surface area (Å²) in [7, 11) is 3.55. The van der Waals surface area contributed by atoms with Gasteiger partial charge in [0.25, 0.3) is 5.91 Å². The number of amides is 1. The van der Waals surface area contributed by atoms with Crippen molar-refractivity contribution in [1.82, 2.24) is 15.1 Å². The van der Waals surface area contributed by atoms with E-state index in [1.165, 1.54) is 18.9 Å². The third kappa shape index (κ3) is 5.60. The van der Waals surface area contributed by atoms with Gasteiger partial charge in [0.2, 0.25) is 0 Å². The molecule has 0 bridgehead atoms. The van der Waals surface area contributed by atoms with E-state index in [2.05, 4.69) is 10.4 Å². The van der Waals surface area contributed by atoms with Crippen LogP contribution in [0.3, 0.4) is 0 Å². The van der Waals surface area contributed by atoms with Gasteiger partial charge in [-0.3, -0.25) is 9.48 Å². The molecule has 3 aromatic carbocycles. The normalized spacial score (nSPS) is 12.1. The quantitative estimate of drug-likeness (QED) is 0.251. The lowest BCUT2D eigenvalue weighted by Gasteiger charge is -2.28. The number of rotatable bonds is 9. The number of carbonyl (C=O) groups excluding carboxylic acids is 4. The number of benzene rings is 3. The van der Waals surface area contributed by atoms with Crippen molar-refractivity contribution < 1.29 is 33.4 Å². The van der Waals surface area contributed by atoms with Gasteiger partial charge in [-0.1, -0.05) is 78.9 Å². The minimum Gasteiger partial charge on any atom is -0.467 e. The van der Waals surface area contributed by atoms with Crippen molar-refractivity contribution in [3.63, 3.8) is 0 Å². The van der Waals surface area contributed by atoms with Crippen LogP contribution in [0.5, 0.6) is 0 Å². The average Bonchev–Trinajstić information content (AvgIpc) is 3.41. The number of nitrogens with one attached hydrogen (secondary N) is 1. The van der Waals surface area contributed by atoms with E-state index in [1.54, 1.807) is 91.0 Å². The summed E-state index contributed by atoms with van der Waals surface area (Å²) in [5.41, 5.74) is 1.08. The number of aromatic nitrogens is 2. The molecular weight excluding hydrogens is 514 g/mol. The van der Waals surface area contributed by atoms with Gasteiger partial charge in [0.1, 0.15) is 11.6 Å². The van der Waals surface area contributed by atoms with E-state index in [-0.39, 0.29) is 17.0 Å². The molecule has 40 heavy (non-hydrogen) atoms. The zero-order valence-corrected chi connectivity index (χ0v) is 22.1. The number of nitrogens with zero attached hydrogens (tertiary/aromatic N) is 2. The van der Waals surface area contributed by atoms with Crippen LogP contribution < -0.4 is 5.32 Å². The smallest absolute Gasteiger partial charge is 0.359 e. The predicted molar refractivity (Wildman–Crippen MR) is 145 cm³/mol. The second kappa shape index (κ2) is 12.5. The summed E-state index contributed by atoms with van der Waals surface area (Å²) in [6.07, 6.45) is 0. The molecule has 1 aromatic heterocycles. The number of hydrogen-bond donors (Lipinski definition) is 1. The highest BCUT2D eigenvalue weighted by atomic mass is 16.5. The topological polar surface area (TPSA) is 126 Å². The van der Waals surface area contributed by atoms with Crippen LogP contribution in [-0.2, 0) is 19.0 Å². The Bertz CT molecular complexity index is 1500. The number of hydrogen-bond acceptors (Lipinski definition) is 8. The molecule has 10 heteroatoms. The Kier molecular flexibility index (Phi) is 8.70. The first-order valence-corrected chi connectivity index (χ1v) is 12.2. The molecular formula is C30H27N3O7. The molecule has 2 atom stereocenters. The van der Waals surface area contributed by atoms with Crippen molar-refractivity contribution in [2.24, 2.45) is 0 Å². The Balaban J connectivity index is 2.03. The number of esters is 3. The fraction of sp³-hybridized carbons (Fsp3) is 0.167. The molecule has 10 nitrogen and oxygen atoms in total. The molecule has 0 radical (unpaired) electrons. The molecule has 0 unspecified atom stereocenters. The van der Waals surface area contributed by atoms with E-state index in [0.717, 1.165) is 7.11 Å². The van der Waals surface area contributed by atoms with Crippen LogP contribution in [0.25, 0.3) is 11.3 Å². The summed E-state index contributed by atoms with van der Waals surface area (Å²) < 4.78 is 16.4. The first-order valence-electron chi connectivity index (χ1n) is 12.2. The molecule has 0 saturated heterocycles. The summed E-state index contributed by atoms with van der Waals surface area (Å²) in [5.74, 6) is -3.02. The van der Waals surface area contributed by atoms with Crippen LogP contribution in [0.2, 0.25) is 0 Å². The molecule has 1 amide bonds. The Hall–Kier alpha value is -5.25. The fourth-order valence-corrected chi connectivity index (χ4v) is 4.38. The van der Waals surface area contributed by atoms with Crippen LogP contribution in [-0.4, -0.2) is 61.0 Å². The van der Waals surface area contributed by atoms with Crippen LogP contribution in [0.15, 0.2) is 91.0 Å². The molecule has 204 valence electrons. The zero-order valence-electron chi connectivity index (χ0n) is 22.1. The van der Waals surface area contributed by atoms with Crippen molar-refractivity contribution in [2.45, 2.75) is 12.1 Å². The maximum atomic E-state index is 13.3. The molecule has 0 aliphatic carbocycles. The van der Waals surface area contributed by atoms with Crippen LogP contribution in [0.4, 0.5) is 0 Å². The molecule has 4 aromatic rings. The second-order valence-corrected chi connectivity index (χ2v) is 8.56. The molecule has 0 saturated carbocycles. The molecule has 0 spiro atoms. The van der Waals surface area contributed by atoms with E-state index in [0.29, 0.717) is 16.7 Å². The molecule has 4 rings (SSSR count). The molecule has 1 heterocycles. The van der Waals surface area contributed by atoms with E-state index < -0.39 is 35.9 Å². The van der Waals surface area contributed by atoms with E-state index in [9.17, 15) is 19.2 Å². The fourth-order valence-electron chi connectivity index (χ4n) is 4.38. The Morgan fingerprint density at radius 1 is 0.725 bits per heavy atom. The van der Waals surface area contributed by atoms with Crippen molar-refractivity contribution in [1.29, 1.82) is 0 Å². The second-order valence-electron chi connectivity index (χ2n) is 8.56. The standard InChI is InChI=1S/C30H27N3O7/c1-38-28(35)22-23(29(36)39-2)32-33(25(22)19-13-7-4-8-14-19)26(20-15-9-5-10-16-20)24(30(37)40-3)31-27(34)21-17-11-6-12-18-21/h4-18,24,26H,1-3H3,(H,31,34)/t24-,26-/m0/s1. The van der Waals surface area contributed by atoms with E-state index in [4.69, 9.17) is 14.2 Å². The van der Waals surface area contributed by atoms with Crippen molar-refractivity contribution >= 4 is 23.8 Å². The van der Waals surface area contributed by atoms with E-state index >= 15 is 0 Å². The first-order chi connectivity index (χ1) is 19.4. The summed E-state index contributed by atoms with van der Waals surface area (Å²) >= 11 is 0. The summed E-state index contributed by atoms with van der Waals surface area (Å²) in [5, 5.41) is 7.27. The van der Waals surface area contributed by atoms with Crippen molar-refractivity contribution in [2.75, 3.05) is 21.3 Å². The van der Waals surface area contributed by atoms with Gasteiger partial charge in [-0.05, 0) is 17.7 Å². The highest BCUT2D eigenvalue weighted by Crippen LogP contribution is 2.34. The minimum absolute atomic E-state index is 0.153. The van der Waals surface area contributed by atoms with Gasteiger partial charge >= 0.3 is 17.9 Å². The summed E-state index contributed by atoms with van der Waals surface area (Å²) in [6.45, 7) is 0. The summed E-state index contributed by atoms with van der Waals surface area (Å²) in [6, 6.07) is 23.5.